The van der Waals surface area contributed by atoms with Gasteiger partial charge in [-0.05, 0) is 97.4 Å². The summed E-state index contributed by atoms with van der Waals surface area (Å²) < 4.78 is 0. The number of nitrogens with zero attached hydrogens (tertiary/aromatic N) is 6. The normalized spacial score (nSPS) is 11.9. The number of benzene rings is 4. The average Bonchev–Trinajstić information content (AvgIpc) is 1.54. The minimum atomic E-state index is 0.650. The van der Waals surface area contributed by atoms with Crippen LogP contribution in [0.5, 0.6) is 0 Å². The Labute approximate surface area is 643 Å². The third-order valence-electron chi connectivity index (χ3n) is 18.1. The molecular weight excluding hydrogens is 1480 g/mol. The van der Waals surface area contributed by atoms with Gasteiger partial charge in [0.15, 0.2) is 23.3 Å². The summed E-state index contributed by atoms with van der Waals surface area (Å²) in [5.41, 5.74) is 7.46. The third-order valence-corrected chi connectivity index (χ3v) is 28.4. The number of fused-ring (bicyclic) bond motifs is 20. The Bertz CT molecular complexity index is 3710. The molecule has 0 atom stereocenters. The molecule has 9 rings (SSSR count). The van der Waals surface area contributed by atoms with Gasteiger partial charge in [-0.15, -0.1) is 94.1 Å². The fourth-order valence-corrected chi connectivity index (χ4v) is 23.6. The summed E-state index contributed by atoms with van der Waals surface area (Å²) in [6.07, 6.45) is 39.3. The number of hydrogen-bond donors (Lipinski definition) is 2. The molecule has 2 aliphatic rings. The van der Waals surface area contributed by atoms with E-state index in [1.165, 1.54) is 261 Å². The number of aromatic amines is 2. The van der Waals surface area contributed by atoms with Crippen LogP contribution in [0, 0.1) is 0 Å². The van der Waals surface area contributed by atoms with Gasteiger partial charge in [0.25, 0.3) is 0 Å². The van der Waals surface area contributed by atoms with Gasteiger partial charge < -0.3 is 9.97 Å². The summed E-state index contributed by atoms with van der Waals surface area (Å²) in [5, 5.41) is 4.40. The molecule has 0 fully saturated rings. The van der Waals surface area contributed by atoms with E-state index in [1.807, 2.05) is 0 Å². The fraction of sp³-hybridized carbons (Fsp3) is 0.600. The van der Waals surface area contributed by atoms with E-state index in [-0.39, 0.29) is 0 Å². The number of thioether (sulfide) groups is 8. The van der Waals surface area contributed by atoms with Crippen molar-refractivity contribution in [2.75, 3.05) is 46.0 Å². The maximum absolute atomic E-state index is 6.27. The molecule has 0 saturated heterocycles. The number of hydrogen-bond acceptors (Lipinski definition) is 14. The van der Waals surface area contributed by atoms with Crippen LogP contribution in [0.25, 0.3) is 89.7 Å². The van der Waals surface area contributed by atoms with Gasteiger partial charge in [0.05, 0.1) is 0 Å². The van der Waals surface area contributed by atoms with Crippen molar-refractivity contribution in [2.45, 2.75) is 300 Å². The molecule has 530 valence electrons. The summed E-state index contributed by atoms with van der Waals surface area (Å²) in [6, 6.07) is 17.2. The molecule has 2 aliphatic heterocycles. The Hall–Kier alpha value is -1.80. The predicted octanol–water partition coefficient (Wildman–Crippen LogP) is 28.6. The quantitative estimate of drug-likeness (QED) is 0.0279. The van der Waals surface area contributed by atoms with E-state index in [4.69, 9.17) is 38.5 Å². The first-order chi connectivity index (χ1) is 48.4. The fourth-order valence-electron chi connectivity index (χ4n) is 12.7. The van der Waals surface area contributed by atoms with Gasteiger partial charge in [-0.1, -0.05) is 258 Å². The van der Waals surface area contributed by atoms with E-state index in [0.29, 0.717) is 11.6 Å². The molecule has 0 amide bonds. The third kappa shape index (κ3) is 23.1. The molecule has 18 heteroatoms. The minimum absolute atomic E-state index is 0.650. The Morgan fingerprint density at radius 2 is 0.500 bits per heavy atom. The second-order valence-electron chi connectivity index (χ2n) is 26.1. The molecule has 3 aromatic heterocycles. The first-order valence-corrected chi connectivity index (χ1v) is 50.2. The molecule has 0 spiro atoms. The van der Waals surface area contributed by atoms with E-state index in [2.05, 4.69) is 208 Å². The topological polar surface area (TPSA) is 109 Å². The van der Waals surface area contributed by atoms with Crippen LogP contribution in [-0.2, 0) is 0 Å². The van der Waals surface area contributed by atoms with Crippen LogP contribution in [0.1, 0.15) is 261 Å². The van der Waals surface area contributed by atoms with Crippen molar-refractivity contribution in [1.82, 2.24) is 39.9 Å². The summed E-state index contributed by atoms with van der Waals surface area (Å²) >= 11 is 17.7. The monoisotopic (exact) mass is 1590 g/mol. The number of unbranched alkanes of at least 4 members (excludes halogenated alkanes) is 24. The molecule has 8 nitrogen and oxygen atoms in total. The van der Waals surface area contributed by atoms with Crippen LogP contribution < -0.4 is 0 Å². The first kappa shape index (κ1) is 81.9. The Kier molecular flexibility index (Phi) is 39.2. The van der Waals surface area contributed by atoms with E-state index < -0.39 is 0 Å². The van der Waals surface area contributed by atoms with Crippen LogP contribution in [0.4, 0.5) is 0 Å². The van der Waals surface area contributed by atoms with E-state index >= 15 is 0 Å². The summed E-state index contributed by atoms with van der Waals surface area (Å²) in [6.45, 7) is 18.7. The molecule has 0 saturated carbocycles. The average molecular weight is 1590 g/mol. The molecule has 5 heterocycles. The number of aromatic nitrogens is 8. The van der Waals surface area contributed by atoms with Crippen LogP contribution in [0.2, 0.25) is 0 Å². The van der Waals surface area contributed by atoms with Crippen molar-refractivity contribution in [3.8, 4) is 45.6 Å². The molecule has 98 heavy (non-hydrogen) atoms. The second kappa shape index (κ2) is 46.9. The van der Waals surface area contributed by atoms with Gasteiger partial charge in [-0.25, -0.2) is 29.9 Å². The number of nitrogens with one attached hydrogen (secondary N) is 2. The molecule has 0 unspecified atom stereocenters. The number of halogens is 1. The second-order valence-corrected chi connectivity index (χ2v) is 34.9. The van der Waals surface area contributed by atoms with Crippen molar-refractivity contribution >= 4 is 170 Å². The molecule has 2 N–H and O–H groups in total. The van der Waals surface area contributed by atoms with Crippen molar-refractivity contribution in [3.05, 3.63) is 48.5 Å². The van der Waals surface area contributed by atoms with E-state index in [1.54, 1.807) is 0 Å². The molecule has 0 radical (unpaired) electrons. The summed E-state index contributed by atoms with van der Waals surface area (Å²) in [5.74, 6) is 11.3. The summed E-state index contributed by atoms with van der Waals surface area (Å²) in [7, 11) is 4.77. The standard InChI is InChI=1S/C80H114N8S8.ClH.In/c1-9-17-25-37-49-89-65-61-63(67(91-51-39-27-19-11-3)71(95-55-43-31-23-15-7)69(65)93-53-41-29-21-13-5)79-86-77(61)84-75-59-47-35-33-45-57(59)73(82-75)81-74-58-46-34-36-48-60(58)76(83-74)85-78-62-64(80(87-78)88-79)68(92-52-40-28-20-12-4)72(96-56-44-32-24-16-8)70(94-54-42-30-22-14-6)66(62)90-50-38-26-18-10-2;;/h33-36,45-48H,9-32,37-44,49-56H2,1-8H3,(H2,81,82,83,84,85,86,87,88);1H;/q;;+3/p-1. The Morgan fingerprint density at radius 3 is 0.816 bits per heavy atom. The van der Waals surface area contributed by atoms with Crippen LogP contribution in [0.3, 0.4) is 0 Å². The Morgan fingerprint density at radius 1 is 0.265 bits per heavy atom. The van der Waals surface area contributed by atoms with Crippen LogP contribution in [-0.4, -0.2) is 109 Å². The Balaban J connectivity index is 0.00000607. The molecular formula is C80H114ClInN8S8+2. The predicted molar refractivity (Wildman–Crippen MR) is 447 cm³/mol. The van der Waals surface area contributed by atoms with Gasteiger partial charge in [0.2, 0.25) is 0 Å². The number of rotatable bonds is 48. The van der Waals surface area contributed by atoms with Gasteiger partial charge in [0.1, 0.15) is 22.6 Å². The first-order valence-electron chi connectivity index (χ1n) is 38.2. The molecule has 4 aromatic carbocycles. The SMILES string of the molecule is CCCCCCSc1c(SCCCCCC)c(SCCCCCC)c2c(c1SCCCCCC)-c1nc-2nc2[nH]c(nc3nc(nc4[nH]c(n1)c1ccccc41)-c1ccccc1-3)c1c(SCCCCCC)c(SCCCCCC)c(SCCCCCC)c(SCCCCCC)c21.[Cl][In+2]. The van der Waals surface area contributed by atoms with Gasteiger partial charge >= 0.3 is 31.8 Å². The van der Waals surface area contributed by atoms with Gasteiger partial charge in [-0.2, -0.15) is 0 Å². The van der Waals surface area contributed by atoms with Gasteiger partial charge in [0, 0.05) is 83.0 Å². The van der Waals surface area contributed by atoms with Crippen molar-refractivity contribution in [1.29, 1.82) is 0 Å². The molecule has 0 aliphatic carbocycles. The maximum atomic E-state index is 6.27. The number of H-pyrrole nitrogens is 2. The van der Waals surface area contributed by atoms with E-state index in [0.717, 1.165) is 131 Å². The molecule has 7 aromatic rings. The van der Waals surface area contributed by atoms with E-state index in [9.17, 15) is 0 Å². The van der Waals surface area contributed by atoms with Crippen LogP contribution >= 0.6 is 103 Å². The molecule has 8 bridgehead atoms. The zero-order valence-electron chi connectivity index (χ0n) is 60.8. The zero-order valence-corrected chi connectivity index (χ0v) is 71.4. The van der Waals surface area contributed by atoms with Crippen LogP contribution in [0.15, 0.2) is 87.7 Å². The summed E-state index contributed by atoms with van der Waals surface area (Å²) in [4.78, 5) is 54.4. The van der Waals surface area contributed by atoms with Crippen molar-refractivity contribution in [2.24, 2.45) is 0 Å². The van der Waals surface area contributed by atoms with Crippen molar-refractivity contribution < 1.29 is 0 Å². The van der Waals surface area contributed by atoms with Gasteiger partial charge in [-0.3, -0.25) is 0 Å². The zero-order chi connectivity index (χ0) is 69.1. The van der Waals surface area contributed by atoms with Crippen molar-refractivity contribution in [3.63, 3.8) is 0 Å².